The van der Waals surface area contributed by atoms with Gasteiger partial charge in [-0.25, -0.2) is 0 Å². The Balaban J connectivity index is 1.60. The second kappa shape index (κ2) is 9.48. The number of hydrogen-bond acceptors (Lipinski definition) is 0. The molecule has 0 aliphatic carbocycles. The number of benzene rings is 9. The number of hydrogen-bond donors (Lipinski definition) is 0. The predicted molar refractivity (Wildman–Crippen MR) is 185 cm³/mol. The van der Waals surface area contributed by atoms with Crippen molar-refractivity contribution in [2.24, 2.45) is 0 Å². The predicted octanol–water partition coefficient (Wildman–Crippen LogP) is 11.6. The lowest BCUT2D eigenvalue weighted by molar-refractivity contribution is 1.34. The smallest absolute Gasteiger partial charge is 0.0607 e. The molecule has 0 nitrogen and oxygen atoms in total. The lowest BCUT2D eigenvalue weighted by Crippen LogP contribution is -2.10. The lowest BCUT2D eigenvalue weighted by Gasteiger charge is -2.23. The highest BCUT2D eigenvalue weighted by molar-refractivity contribution is 6.15. The molecule has 9 aromatic rings. The van der Waals surface area contributed by atoms with E-state index >= 15 is 0 Å². The van der Waals surface area contributed by atoms with Gasteiger partial charge in [0, 0.05) is 64.6 Å². The summed E-state index contributed by atoms with van der Waals surface area (Å²) in [5, 5.41) is 15.1. The zero-order valence-electron chi connectivity index (χ0n) is 23.6. The average molecular weight is 544 g/mol. The molecule has 0 unspecified atom stereocenters. The monoisotopic (exact) mass is 543 g/mol. The molecule has 0 aliphatic heterocycles. The van der Waals surface area contributed by atoms with Crippen LogP contribution in [0.4, 0.5) is 0 Å². The van der Waals surface area contributed by atoms with Gasteiger partial charge in [-0.15, -0.1) is 0 Å². The van der Waals surface area contributed by atoms with Crippen molar-refractivity contribution in [3.05, 3.63) is 186 Å². The van der Waals surface area contributed by atoms with Crippen LogP contribution in [-0.2, 0) is 0 Å². The Kier molecular flexibility index (Phi) is 5.30. The normalized spacial score (nSPS) is 11.7. The van der Waals surface area contributed by atoms with Crippen LogP contribution in [0.25, 0.3) is 64.6 Å². The summed E-state index contributed by atoms with van der Waals surface area (Å²) in [6, 6.07) is 60.4. The van der Waals surface area contributed by atoms with E-state index in [2.05, 4.69) is 164 Å². The minimum atomic E-state index is 1.25. The molecular weight excluding hydrogens is 516 g/mol. The third-order valence-electron chi connectivity index (χ3n) is 9.06. The molecule has 0 saturated heterocycles. The number of fused-ring (bicyclic) bond motifs is 6. The molecule has 0 heteroatoms. The molecule has 0 spiro atoms. The van der Waals surface area contributed by atoms with E-state index in [0.717, 1.165) is 0 Å². The Morgan fingerprint density at radius 1 is 0.233 bits per heavy atom. The highest BCUT2D eigenvalue weighted by Gasteiger charge is 2.34. The summed E-state index contributed by atoms with van der Waals surface area (Å²) in [4.78, 5) is 0. The fourth-order valence-electron chi connectivity index (χ4n) is 7.22. The van der Waals surface area contributed by atoms with Gasteiger partial charge in [0.25, 0.3) is 0 Å². The van der Waals surface area contributed by atoms with Crippen LogP contribution in [0, 0.1) is 5.92 Å². The van der Waals surface area contributed by atoms with Gasteiger partial charge in [-0.3, -0.25) is 0 Å². The Labute approximate surface area is 250 Å². The van der Waals surface area contributed by atoms with E-state index in [-0.39, 0.29) is 0 Å². The van der Waals surface area contributed by atoms with Crippen LogP contribution in [-0.4, -0.2) is 0 Å². The highest BCUT2D eigenvalue weighted by Crippen LogP contribution is 2.48. The van der Waals surface area contributed by atoms with Crippen LogP contribution in [0.5, 0.6) is 0 Å². The first kappa shape index (κ1) is 24.1. The van der Waals surface area contributed by atoms with Crippen molar-refractivity contribution < 1.29 is 0 Å². The Morgan fingerprint density at radius 3 is 0.628 bits per heavy atom. The molecule has 0 heterocycles. The zero-order valence-corrected chi connectivity index (χ0v) is 23.6. The van der Waals surface area contributed by atoms with Gasteiger partial charge in [-0.05, 0) is 91.0 Å². The maximum Gasteiger partial charge on any atom is 0.0697 e. The van der Waals surface area contributed by atoms with Crippen LogP contribution in [0.15, 0.2) is 164 Å². The molecule has 0 fully saturated rings. The van der Waals surface area contributed by atoms with Crippen molar-refractivity contribution in [3.8, 4) is 0 Å². The minimum Gasteiger partial charge on any atom is -0.0607 e. The first-order valence-electron chi connectivity index (χ1n) is 14.9. The molecule has 0 aliphatic rings. The van der Waals surface area contributed by atoms with Crippen molar-refractivity contribution in [3.63, 3.8) is 0 Å². The quantitative estimate of drug-likeness (QED) is 0.118. The summed E-state index contributed by atoms with van der Waals surface area (Å²) in [6.45, 7) is 0. The van der Waals surface area contributed by atoms with Gasteiger partial charge >= 0.3 is 0 Å². The van der Waals surface area contributed by atoms with E-state index in [4.69, 9.17) is 0 Å². The van der Waals surface area contributed by atoms with E-state index in [1.54, 1.807) is 0 Å². The van der Waals surface area contributed by atoms with E-state index in [0.29, 0.717) is 0 Å². The molecule has 198 valence electrons. The molecule has 0 aromatic heterocycles. The molecule has 9 rings (SSSR count). The van der Waals surface area contributed by atoms with Crippen LogP contribution in [0.1, 0.15) is 16.7 Å². The van der Waals surface area contributed by atoms with E-state index < -0.39 is 0 Å². The second-order valence-electron chi connectivity index (χ2n) is 11.5. The molecule has 43 heavy (non-hydrogen) atoms. The topological polar surface area (TPSA) is 0 Å². The molecule has 9 aromatic carbocycles. The fourth-order valence-corrected chi connectivity index (χ4v) is 7.22. The van der Waals surface area contributed by atoms with Crippen molar-refractivity contribution in [1.29, 1.82) is 0 Å². The summed E-state index contributed by atoms with van der Waals surface area (Å²) >= 11 is 0. The standard InChI is InChI=1S/C43H27/c1-7-19-34-28(13-1)25-29-14-2-8-20-35(29)40(34)43(41-36-21-9-3-15-30(36)26-31-16-4-10-22-37(31)41)42-38-23-11-5-17-32(38)27-33-18-6-12-24-39(33)42/h1-27H/q+1. The van der Waals surface area contributed by atoms with Crippen LogP contribution in [0.3, 0.4) is 0 Å². The Bertz CT molecular complexity index is 2070. The van der Waals surface area contributed by atoms with Crippen LogP contribution in [0.2, 0.25) is 0 Å². The van der Waals surface area contributed by atoms with Gasteiger partial charge in [-0.1, -0.05) is 72.8 Å². The van der Waals surface area contributed by atoms with E-state index in [1.165, 1.54) is 87.2 Å². The van der Waals surface area contributed by atoms with Gasteiger partial charge in [0.15, 0.2) is 0 Å². The summed E-state index contributed by atoms with van der Waals surface area (Å²) in [6.07, 6.45) is 0. The lowest BCUT2D eigenvalue weighted by atomic mass is 9.74. The first-order chi connectivity index (χ1) is 21.3. The SMILES string of the molecule is c1ccc2c([C+](c3c4ccccc4cc4ccccc34)c3c4ccccc4cc4ccccc34)c3ccccc3cc2c1. The van der Waals surface area contributed by atoms with Crippen LogP contribution < -0.4 is 0 Å². The average Bonchev–Trinajstić information content (AvgIpc) is 3.07. The van der Waals surface area contributed by atoms with E-state index in [1.807, 2.05) is 0 Å². The maximum absolute atomic E-state index is 2.34. The van der Waals surface area contributed by atoms with Crippen molar-refractivity contribution in [2.45, 2.75) is 0 Å². The zero-order chi connectivity index (χ0) is 28.3. The molecule has 0 atom stereocenters. The summed E-state index contributed by atoms with van der Waals surface area (Å²) in [7, 11) is 0. The Morgan fingerprint density at radius 2 is 0.419 bits per heavy atom. The first-order valence-corrected chi connectivity index (χ1v) is 14.9. The number of rotatable bonds is 3. The van der Waals surface area contributed by atoms with Crippen molar-refractivity contribution >= 4 is 64.6 Å². The molecule has 0 amide bonds. The Hall–Kier alpha value is -5.59. The summed E-state index contributed by atoms with van der Waals surface area (Å²) < 4.78 is 0. The third kappa shape index (κ3) is 3.67. The fraction of sp³-hybridized carbons (Fsp3) is 0. The van der Waals surface area contributed by atoms with Gasteiger partial charge in [0.05, 0.1) is 22.6 Å². The van der Waals surface area contributed by atoms with Gasteiger partial charge < -0.3 is 0 Å². The maximum atomic E-state index is 2.34. The summed E-state index contributed by atoms with van der Waals surface area (Å²) in [5.74, 6) is 1.29. The highest BCUT2D eigenvalue weighted by atomic mass is 14.3. The van der Waals surface area contributed by atoms with Gasteiger partial charge in [0.1, 0.15) is 0 Å². The molecule has 0 N–H and O–H groups in total. The second-order valence-corrected chi connectivity index (χ2v) is 11.5. The minimum absolute atomic E-state index is 1.25. The van der Waals surface area contributed by atoms with Crippen LogP contribution >= 0.6 is 0 Å². The van der Waals surface area contributed by atoms with E-state index in [9.17, 15) is 0 Å². The van der Waals surface area contributed by atoms with Gasteiger partial charge in [-0.2, -0.15) is 0 Å². The summed E-state index contributed by atoms with van der Waals surface area (Å²) in [5.41, 5.74) is 3.87. The molecule has 0 saturated carbocycles. The largest absolute Gasteiger partial charge is 0.0697 e. The van der Waals surface area contributed by atoms with Gasteiger partial charge in [0.2, 0.25) is 0 Å². The molecular formula is C43H27+. The molecule has 0 bridgehead atoms. The van der Waals surface area contributed by atoms with Crippen molar-refractivity contribution in [2.75, 3.05) is 0 Å². The van der Waals surface area contributed by atoms with Crippen molar-refractivity contribution in [1.82, 2.24) is 0 Å². The third-order valence-corrected chi connectivity index (χ3v) is 9.06. The molecule has 0 radical (unpaired) electrons.